The van der Waals surface area contributed by atoms with E-state index >= 15 is 0 Å². The first-order chi connectivity index (χ1) is 18.2. The maximum absolute atomic E-state index is 13.5. The molecule has 1 aromatic heterocycles. The first-order valence-electron chi connectivity index (χ1n) is 11.7. The quantitative estimate of drug-likeness (QED) is 0.232. The van der Waals surface area contributed by atoms with Gasteiger partial charge in [0.15, 0.2) is 0 Å². The largest absolute Gasteiger partial charge is 0.497 e. The summed E-state index contributed by atoms with van der Waals surface area (Å²) in [5.74, 6) is -0.0635. The number of methoxy groups -OCH3 is 1. The van der Waals surface area contributed by atoms with Crippen LogP contribution in [0.25, 0.3) is 5.69 Å². The van der Waals surface area contributed by atoms with Crippen molar-refractivity contribution in [3.05, 3.63) is 107 Å². The number of nitrogens with zero attached hydrogens (tertiary/aromatic N) is 3. The van der Waals surface area contributed by atoms with Crippen LogP contribution in [0.5, 0.6) is 5.75 Å². The number of amides is 1. The van der Waals surface area contributed by atoms with Crippen LogP contribution in [0.1, 0.15) is 17.0 Å². The van der Waals surface area contributed by atoms with Gasteiger partial charge in [-0.15, -0.1) is 0 Å². The monoisotopic (exact) mass is 550 g/mol. The van der Waals surface area contributed by atoms with Crippen molar-refractivity contribution in [3.63, 3.8) is 0 Å². The number of nitrogens with one attached hydrogen (secondary N) is 1. The molecule has 8 nitrogen and oxygen atoms in total. The first kappa shape index (κ1) is 27.0. The minimum absolute atomic E-state index is 0.0353. The molecule has 0 saturated carbocycles. The van der Waals surface area contributed by atoms with Gasteiger partial charge in [-0.2, -0.15) is 5.10 Å². The summed E-state index contributed by atoms with van der Waals surface area (Å²) >= 11 is 6.02. The molecule has 10 heteroatoms. The summed E-state index contributed by atoms with van der Waals surface area (Å²) in [6, 6.07) is 23.9. The van der Waals surface area contributed by atoms with E-state index in [4.69, 9.17) is 16.3 Å². The van der Waals surface area contributed by atoms with E-state index in [2.05, 4.69) is 15.1 Å². The van der Waals surface area contributed by atoms with Gasteiger partial charge < -0.3 is 9.30 Å². The zero-order chi connectivity index (χ0) is 27.3. The Hall–Kier alpha value is -4.08. The van der Waals surface area contributed by atoms with Crippen LogP contribution < -0.4 is 14.5 Å². The Bertz CT molecular complexity index is 1550. The number of hydrazone groups is 1. The van der Waals surface area contributed by atoms with Crippen LogP contribution in [-0.4, -0.2) is 38.8 Å². The Kier molecular flexibility index (Phi) is 8.19. The molecule has 0 bridgehead atoms. The molecule has 4 aromatic rings. The lowest BCUT2D eigenvalue weighted by Crippen LogP contribution is -2.39. The van der Waals surface area contributed by atoms with Crippen molar-refractivity contribution in [2.24, 2.45) is 5.10 Å². The molecule has 4 rings (SSSR count). The van der Waals surface area contributed by atoms with E-state index in [1.807, 2.05) is 44.2 Å². The Labute approximate surface area is 227 Å². The molecule has 0 saturated heterocycles. The van der Waals surface area contributed by atoms with Crippen LogP contribution >= 0.6 is 11.6 Å². The Morgan fingerprint density at radius 3 is 2.32 bits per heavy atom. The predicted octanol–water partition coefficient (Wildman–Crippen LogP) is 5.10. The zero-order valence-electron chi connectivity index (χ0n) is 21.1. The molecule has 1 N–H and O–H groups in total. The highest BCUT2D eigenvalue weighted by Crippen LogP contribution is 2.25. The van der Waals surface area contributed by atoms with Gasteiger partial charge in [0.2, 0.25) is 0 Å². The van der Waals surface area contributed by atoms with E-state index in [9.17, 15) is 13.2 Å². The Morgan fingerprint density at radius 1 is 1.03 bits per heavy atom. The summed E-state index contributed by atoms with van der Waals surface area (Å²) in [6.07, 6.45) is 1.54. The lowest BCUT2D eigenvalue weighted by molar-refractivity contribution is -0.119. The molecule has 0 unspecified atom stereocenters. The summed E-state index contributed by atoms with van der Waals surface area (Å²) in [5.41, 5.74) is 6.48. The number of hydrogen-bond donors (Lipinski definition) is 1. The molecule has 1 heterocycles. The van der Waals surface area contributed by atoms with Crippen molar-refractivity contribution < 1.29 is 17.9 Å². The molecular weight excluding hydrogens is 524 g/mol. The molecule has 0 spiro atoms. The summed E-state index contributed by atoms with van der Waals surface area (Å²) < 4.78 is 35.1. The molecule has 1 amide bonds. The number of rotatable bonds is 9. The number of aryl methyl sites for hydroxylation is 1. The fourth-order valence-corrected chi connectivity index (χ4v) is 5.58. The maximum atomic E-state index is 13.5. The number of hydrogen-bond acceptors (Lipinski definition) is 5. The topological polar surface area (TPSA) is 93.0 Å². The van der Waals surface area contributed by atoms with Crippen molar-refractivity contribution in [1.29, 1.82) is 0 Å². The number of sulfonamides is 1. The third kappa shape index (κ3) is 5.90. The van der Waals surface area contributed by atoms with Crippen LogP contribution in [0.15, 0.2) is 94.9 Å². The minimum Gasteiger partial charge on any atom is -0.497 e. The van der Waals surface area contributed by atoms with Gasteiger partial charge in [-0.05, 0) is 80.6 Å². The van der Waals surface area contributed by atoms with Crippen LogP contribution in [0.2, 0.25) is 5.02 Å². The summed E-state index contributed by atoms with van der Waals surface area (Å²) in [5, 5.41) is 4.74. The number of halogens is 1. The molecule has 0 fully saturated rings. The molecule has 38 heavy (non-hydrogen) atoms. The van der Waals surface area contributed by atoms with Crippen molar-refractivity contribution in [2.45, 2.75) is 18.7 Å². The van der Waals surface area contributed by atoms with Crippen molar-refractivity contribution in [3.8, 4) is 11.4 Å². The van der Waals surface area contributed by atoms with Gasteiger partial charge in [0, 0.05) is 27.7 Å². The average Bonchev–Trinajstić information content (AvgIpc) is 3.20. The van der Waals surface area contributed by atoms with E-state index in [1.54, 1.807) is 42.5 Å². The van der Waals surface area contributed by atoms with E-state index < -0.39 is 22.5 Å². The smallest absolute Gasteiger partial charge is 0.264 e. The van der Waals surface area contributed by atoms with Crippen molar-refractivity contribution in [2.75, 3.05) is 18.0 Å². The lowest BCUT2D eigenvalue weighted by Gasteiger charge is -2.23. The minimum atomic E-state index is -4.04. The second-order valence-electron chi connectivity index (χ2n) is 8.45. The second-order valence-corrected chi connectivity index (χ2v) is 10.8. The van der Waals surface area contributed by atoms with Crippen LogP contribution in [-0.2, 0) is 14.8 Å². The van der Waals surface area contributed by atoms with E-state index in [0.717, 1.165) is 26.9 Å². The van der Waals surface area contributed by atoms with Crippen LogP contribution in [0.4, 0.5) is 5.69 Å². The Balaban J connectivity index is 1.53. The van der Waals surface area contributed by atoms with Gasteiger partial charge in [-0.3, -0.25) is 9.10 Å². The van der Waals surface area contributed by atoms with E-state index in [1.165, 1.54) is 25.5 Å². The van der Waals surface area contributed by atoms with Crippen LogP contribution in [0.3, 0.4) is 0 Å². The van der Waals surface area contributed by atoms with Gasteiger partial charge in [0.1, 0.15) is 12.3 Å². The third-order valence-corrected chi connectivity index (χ3v) is 7.97. The maximum Gasteiger partial charge on any atom is 0.264 e. The summed E-state index contributed by atoms with van der Waals surface area (Å²) in [6.45, 7) is 3.46. The number of benzene rings is 3. The Morgan fingerprint density at radius 2 is 1.68 bits per heavy atom. The van der Waals surface area contributed by atoms with Crippen molar-refractivity contribution >= 4 is 39.4 Å². The highest BCUT2D eigenvalue weighted by molar-refractivity contribution is 7.92. The SMILES string of the molecule is COc1ccc(S(=O)(=O)N(CC(=O)N/N=C/c2cc(C)n(-c3ccc(Cl)cc3)c2C)c2ccccc2)cc1. The first-order valence-corrected chi connectivity index (χ1v) is 13.5. The number of carbonyl (C=O) groups excluding carboxylic acids is 1. The number of ether oxygens (including phenoxy) is 1. The van der Waals surface area contributed by atoms with Gasteiger partial charge >= 0.3 is 0 Å². The normalized spacial score (nSPS) is 11.5. The number of aromatic nitrogens is 1. The zero-order valence-corrected chi connectivity index (χ0v) is 22.7. The standard InChI is InChI=1S/C28H27ClN4O4S/c1-20-17-22(21(2)33(20)25-11-9-23(29)10-12-25)18-30-31-28(34)19-32(24-7-5-4-6-8-24)38(35,36)27-15-13-26(37-3)14-16-27/h4-18H,19H2,1-3H3,(H,31,34)/b30-18+. The number of para-hydroxylation sites is 1. The van der Waals surface area contributed by atoms with Gasteiger partial charge in [0.25, 0.3) is 15.9 Å². The highest BCUT2D eigenvalue weighted by Gasteiger charge is 2.27. The van der Waals surface area contributed by atoms with E-state index in [-0.39, 0.29) is 4.90 Å². The summed E-state index contributed by atoms with van der Waals surface area (Å²) in [7, 11) is -2.54. The van der Waals surface area contributed by atoms with Gasteiger partial charge in [0.05, 0.1) is 23.9 Å². The van der Waals surface area contributed by atoms with Gasteiger partial charge in [-0.25, -0.2) is 13.8 Å². The molecule has 3 aromatic carbocycles. The highest BCUT2D eigenvalue weighted by atomic mass is 35.5. The number of anilines is 1. The number of carbonyl (C=O) groups is 1. The summed E-state index contributed by atoms with van der Waals surface area (Å²) in [4.78, 5) is 12.9. The molecule has 0 radical (unpaired) electrons. The van der Waals surface area contributed by atoms with Crippen LogP contribution in [0, 0.1) is 13.8 Å². The molecular formula is C28H27ClN4O4S. The fourth-order valence-electron chi connectivity index (χ4n) is 4.03. The van der Waals surface area contributed by atoms with Gasteiger partial charge in [-0.1, -0.05) is 29.8 Å². The molecule has 0 aliphatic rings. The molecule has 196 valence electrons. The second kappa shape index (κ2) is 11.5. The molecule has 0 aliphatic carbocycles. The average molecular weight is 551 g/mol. The molecule has 0 atom stereocenters. The fraction of sp³-hybridized carbons (Fsp3) is 0.143. The van der Waals surface area contributed by atoms with E-state index in [0.29, 0.717) is 16.5 Å². The lowest BCUT2D eigenvalue weighted by atomic mass is 10.2. The molecule has 0 aliphatic heterocycles. The predicted molar refractivity (Wildman–Crippen MR) is 150 cm³/mol. The van der Waals surface area contributed by atoms with Crippen molar-refractivity contribution in [1.82, 2.24) is 9.99 Å². The third-order valence-electron chi connectivity index (χ3n) is 5.93.